The number of aliphatic imine (C=N–C) groups is 1. The number of nitrogens with zero attached hydrogens (tertiary/aromatic N) is 1. The van der Waals surface area contributed by atoms with E-state index in [2.05, 4.69) is 4.99 Å². The summed E-state index contributed by atoms with van der Waals surface area (Å²) in [4.78, 5) is 12.3. The van der Waals surface area contributed by atoms with E-state index in [0.29, 0.717) is 19.8 Å². The molecule has 16 heavy (non-hydrogen) atoms. The Hall–Kier alpha value is -0.783. The van der Waals surface area contributed by atoms with Crippen molar-refractivity contribution in [1.82, 2.24) is 0 Å². The highest BCUT2D eigenvalue weighted by Gasteiger charge is 2.11. The standard InChI is InChI=1S/C6H16O3Si.C4H5NO/c1-4-7-10(8-5-2)9-6-3;1-2-3-5-4-6/h10H,4-6H2,1-3H3;2-3H,1H3. The van der Waals surface area contributed by atoms with Gasteiger partial charge < -0.3 is 13.3 Å². The molecule has 0 aromatic heterocycles. The Bertz CT molecular complexity index is 191. The largest absolute Gasteiger partial charge is 0.484 e. The molecule has 0 aromatic carbocycles. The van der Waals surface area contributed by atoms with Gasteiger partial charge in [-0.2, -0.15) is 4.99 Å². The monoisotopic (exact) mass is 247 g/mol. The first-order valence-electron chi connectivity index (χ1n) is 5.29. The van der Waals surface area contributed by atoms with Crippen LogP contribution in [0.3, 0.4) is 0 Å². The van der Waals surface area contributed by atoms with Crippen molar-refractivity contribution in [3.63, 3.8) is 0 Å². The molecular formula is C10H21NO4Si. The van der Waals surface area contributed by atoms with Crippen LogP contribution in [0.4, 0.5) is 0 Å². The minimum atomic E-state index is -1.73. The smallest absolute Gasteiger partial charge is 0.376 e. The van der Waals surface area contributed by atoms with E-state index in [1.807, 2.05) is 20.8 Å². The van der Waals surface area contributed by atoms with Crippen molar-refractivity contribution in [1.29, 1.82) is 0 Å². The zero-order valence-electron chi connectivity index (χ0n) is 10.4. The Morgan fingerprint density at radius 1 is 1.12 bits per heavy atom. The van der Waals surface area contributed by atoms with E-state index in [4.69, 9.17) is 13.3 Å². The van der Waals surface area contributed by atoms with Crippen LogP contribution < -0.4 is 0 Å². The van der Waals surface area contributed by atoms with Gasteiger partial charge in [0.15, 0.2) is 0 Å². The molecular weight excluding hydrogens is 226 g/mol. The third-order valence-corrected chi connectivity index (χ3v) is 3.00. The number of rotatable bonds is 7. The summed E-state index contributed by atoms with van der Waals surface area (Å²) >= 11 is 0. The summed E-state index contributed by atoms with van der Waals surface area (Å²) in [5.74, 6) is 0. The Morgan fingerprint density at radius 3 is 1.75 bits per heavy atom. The van der Waals surface area contributed by atoms with Gasteiger partial charge in [-0.1, -0.05) is 6.08 Å². The fraction of sp³-hybridized carbons (Fsp3) is 0.700. The van der Waals surface area contributed by atoms with Gasteiger partial charge in [-0.3, -0.25) is 0 Å². The fourth-order valence-corrected chi connectivity index (χ4v) is 1.76. The molecule has 5 nitrogen and oxygen atoms in total. The van der Waals surface area contributed by atoms with Crippen molar-refractivity contribution < 1.29 is 18.1 Å². The second-order valence-corrected chi connectivity index (χ2v) is 3.93. The SMILES string of the molecule is CC=CN=C=O.CCO[SiH](OCC)OCC. The summed E-state index contributed by atoms with van der Waals surface area (Å²) in [6.07, 6.45) is 4.40. The molecule has 0 aromatic rings. The van der Waals surface area contributed by atoms with Gasteiger partial charge in [-0.05, 0) is 27.7 Å². The second-order valence-electron chi connectivity index (χ2n) is 2.36. The third-order valence-electron chi connectivity index (χ3n) is 1.18. The highest BCUT2D eigenvalue weighted by Crippen LogP contribution is 1.91. The predicted molar refractivity (Wildman–Crippen MR) is 65.0 cm³/mol. The molecule has 0 N–H and O–H groups in total. The van der Waals surface area contributed by atoms with E-state index in [9.17, 15) is 4.79 Å². The fourth-order valence-electron chi connectivity index (χ4n) is 0.658. The van der Waals surface area contributed by atoms with Gasteiger partial charge in [-0.15, -0.1) is 0 Å². The molecule has 0 aliphatic carbocycles. The van der Waals surface area contributed by atoms with Crippen LogP contribution in [0.25, 0.3) is 0 Å². The van der Waals surface area contributed by atoms with Crippen LogP contribution in [-0.4, -0.2) is 35.4 Å². The van der Waals surface area contributed by atoms with Gasteiger partial charge in [0.05, 0.1) is 0 Å². The Morgan fingerprint density at radius 2 is 1.56 bits per heavy atom. The molecule has 0 aliphatic heterocycles. The number of carbonyl (C=O) groups excluding carboxylic acids is 1. The Labute approximate surface area is 99.1 Å². The van der Waals surface area contributed by atoms with Crippen LogP contribution in [0.2, 0.25) is 0 Å². The first-order valence-corrected chi connectivity index (χ1v) is 6.71. The van der Waals surface area contributed by atoms with Crippen molar-refractivity contribution in [3.8, 4) is 0 Å². The summed E-state index contributed by atoms with van der Waals surface area (Å²) < 4.78 is 15.7. The lowest BCUT2D eigenvalue weighted by molar-refractivity contribution is 0.107. The van der Waals surface area contributed by atoms with E-state index in [1.54, 1.807) is 13.0 Å². The summed E-state index contributed by atoms with van der Waals surface area (Å²) in [5.41, 5.74) is 0. The van der Waals surface area contributed by atoms with Crippen LogP contribution in [0.5, 0.6) is 0 Å². The van der Waals surface area contributed by atoms with Gasteiger partial charge >= 0.3 is 9.53 Å². The molecule has 0 bridgehead atoms. The van der Waals surface area contributed by atoms with E-state index in [-0.39, 0.29) is 0 Å². The average molecular weight is 247 g/mol. The predicted octanol–water partition coefficient (Wildman–Crippen LogP) is 1.67. The first kappa shape index (κ1) is 17.6. The molecule has 6 heteroatoms. The first-order chi connectivity index (χ1) is 7.76. The summed E-state index contributed by atoms with van der Waals surface area (Å²) in [6.45, 7) is 9.64. The molecule has 94 valence electrons. The lowest BCUT2D eigenvalue weighted by Gasteiger charge is -2.12. The molecule has 0 spiro atoms. The van der Waals surface area contributed by atoms with Crippen molar-refractivity contribution in [2.24, 2.45) is 4.99 Å². The van der Waals surface area contributed by atoms with Crippen LogP contribution in [0, 0.1) is 0 Å². The second kappa shape index (κ2) is 16.6. The molecule has 0 atom stereocenters. The molecule has 0 rings (SSSR count). The molecule has 0 fully saturated rings. The molecule has 0 saturated heterocycles. The van der Waals surface area contributed by atoms with Crippen LogP contribution in [0.1, 0.15) is 27.7 Å². The highest BCUT2D eigenvalue weighted by atomic mass is 28.3. The van der Waals surface area contributed by atoms with Gasteiger partial charge in [0.1, 0.15) is 0 Å². The van der Waals surface area contributed by atoms with Crippen molar-refractivity contribution in [2.75, 3.05) is 19.8 Å². The van der Waals surface area contributed by atoms with Gasteiger partial charge in [-0.25, -0.2) is 4.79 Å². The number of allylic oxidation sites excluding steroid dienone is 1. The maximum Gasteiger partial charge on any atom is 0.484 e. The van der Waals surface area contributed by atoms with Gasteiger partial charge in [0.25, 0.3) is 0 Å². The van der Waals surface area contributed by atoms with E-state index >= 15 is 0 Å². The normalized spacial score (nSPS) is 9.81. The van der Waals surface area contributed by atoms with Crippen LogP contribution >= 0.6 is 0 Å². The Kier molecular flexibility index (Phi) is 18.3. The van der Waals surface area contributed by atoms with Gasteiger partial charge in [0, 0.05) is 26.0 Å². The van der Waals surface area contributed by atoms with Crippen LogP contribution in [-0.2, 0) is 18.1 Å². The maximum atomic E-state index is 9.22. The van der Waals surface area contributed by atoms with Crippen molar-refractivity contribution in [2.45, 2.75) is 27.7 Å². The molecule has 0 aliphatic rings. The minimum absolute atomic E-state index is 0.677. The zero-order chi connectivity index (χ0) is 12.6. The third kappa shape index (κ3) is 15.7. The van der Waals surface area contributed by atoms with Crippen LogP contribution in [0.15, 0.2) is 17.3 Å². The lowest BCUT2D eigenvalue weighted by Crippen LogP contribution is -2.27. The van der Waals surface area contributed by atoms with E-state index in [0.717, 1.165) is 0 Å². The van der Waals surface area contributed by atoms with Crippen molar-refractivity contribution in [3.05, 3.63) is 12.3 Å². The highest BCUT2D eigenvalue weighted by molar-refractivity contribution is 6.36. The minimum Gasteiger partial charge on any atom is -0.376 e. The number of isocyanates is 1. The topological polar surface area (TPSA) is 57.1 Å². The average Bonchev–Trinajstić information content (AvgIpc) is 2.28. The quantitative estimate of drug-likeness (QED) is 0.390. The molecule has 0 saturated carbocycles. The van der Waals surface area contributed by atoms with E-state index < -0.39 is 9.53 Å². The Balaban J connectivity index is 0. The number of hydrogen-bond acceptors (Lipinski definition) is 5. The summed E-state index contributed by atoms with van der Waals surface area (Å²) in [7, 11) is -1.73. The molecule has 0 radical (unpaired) electrons. The van der Waals surface area contributed by atoms with E-state index in [1.165, 1.54) is 12.3 Å². The maximum absolute atomic E-state index is 9.22. The van der Waals surface area contributed by atoms with Gasteiger partial charge in [0.2, 0.25) is 6.08 Å². The summed E-state index contributed by atoms with van der Waals surface area (Å²) in [5, 5.41) is 0. The lowest BCUT2D eigenvalue weighted by atomic mass is 10.7. The molecule has 0 amide bonds. The van der Waals surface area contributed by atoms with Crippen molar-refractivity contribution >= 4 is 15.6 Å². The summed E-state index contributed by atoms with van der Waals surface area (Å²) in [6, 6.07) is 0. The number of hydrogen-bond donors (Lipinski definition) is 0. The molecule has 0 unspecified atom stereocenters. The molecule has 0 heterocycles. The zero-order valence-corrected chi connectivity index (χ0v) is 11.6.